The molecule has 1 aromatic carbocycles. The number of ether oxygens (including phenoxy) is 1. The van der Waals surface area contributed by atoms with Gasteiger partial charge in [0.2, 0.25) is 0 Å². The third-order valence-electron chi connectivity index (χ3n) is 5.59. The van der Waals surface area contributed by atoms with Crippen molar-refractivity contribution in [3.63, 3.8) is 0 Å². The molecule has 1 amide bonds. The first-order valence-corrected chi connectivity index (χ1v) is 9.54. The van der Waals surface area contributed by atoms with Crippen molar-refractivity contribution in [2.45, 2.75) is 31.8 Å². The highest BCUT2D eigenvalue weighted by Gasteiger charge is 2.28. The van der Waals surface area contributed by atoms with Gasteiger partial charge in [0.1, 0.15) is 0 Å². The molecule has 0 aliphatic carbocycles. The molecule has 1 saturated heterocycles. The molecule has 3 heterocycles. The zero-order valence-corrected chi connectivity index (χ0v) is 15.3. The minimum Gasteiger partial charge on any atom is -0.465 e. The van der Waals surface area contributed by atoms with Crippen molar-refractivity contribution in [2.75, 3.05) is 24.7 Å². The van der Waals surface area contributed by atoms with E-state index in [1.54, 1.807) is 0 Å². The fraction of sp³-hybridized carbons (Fsp3) is 0.429. The summed E-state index contributed by atoms with van der Waals surface area (Å²) in [5, 5.41) is 12.1. The molecule has 2 N–H and O–H groups in total. The summed E-state index contributed by atoms with van der Waals surface area (Å²) < 4.78 is 5.45. The molecular formula is C21H25N3O3. The van der Waals surface area contributed by atoms with Gasteiger partial charge in [0.25, 0.3) is 0 Å². The Labute approximate surface area is 159 Å². The molecule has 6 heteroatoms. The number of aromatic nitrogens is 1. The molecule has 27 heavy (non-hydrogen) atoms. The number of anilines is 1. The SMILES string of the molecule is O=C(O)NC(c1ccc2c(c1)CCN2Cc1ccncc1)C1CCOCC1. The topological polar surface area (TPSA) is 74.7 Å². The molecular weight excluding hydrogens is 342 g/mol. The molecule has 2 aliphatic rings. The average molecular weight is 367 g/mol. The maximum absolute atomic E-state index is 11.4. The van der Waals surface area contributed by atoms with Crippen LogP contribution in [0.1, 0.15) is 35.6 Å². The van der Waals surface area contributed by atoms with Crippen molar-refractivity contribution in [3.05, 3.63) is 59.4 Å². The van der Waals surface area contributed by atoms with Crippen LogP contribution in [0, 0.1) is 5.92 Å². The van der Waals surface area contributed by atoms with Crippen LogP contribution in [0.25, 0.3) is 0 Å². The number of nitrogens with one attached hydrogen (secondary N) is 1. The Bertz CT molecular complexity index is 791. The van der Waals surface area contributed by atoms with Crippen LogP contribution in [0.5, 0.6) is 0 Å². The number of benzene rings is 1. The normalized spacial score (nSPS) is 18.1. The van der Waals surface area contributed by atoms with E-state index in [1.807, 2.05) is 24.5 Å². The number of carboxylic acid groups (broad SMARTS) is 1. The van der Waals surface area contributed by atoms with Gasteiger partial charge in [-0.05, 0) is 60.1 Å². The molecule has 1 unspecified atom stereocenters. The lowest BCUT2D eigenvalue weighted by molar-refractivity contribution is 0.0534. The van der Waals surface area contributed by atoms with E-state index in [0.717, 1.165) is 37.9 Å². The van der Waals surface area contributed by atoms with Crippen LogP contribution in [-0.4, -0.2) is 35.9 Å². The molecule has 2 aromatic rings. The van der Waals surface area contributed by atoms with E-state index in [-0.39, 0.29) is 12.0 Å². The number of pyridine rings is 1. The fourth-order valence-electron chi connectivity index (χ4n) is 4.21. The van der Waals surface area contributed by atoms with Gasteiger partial charge in [-0.25, -0.2) is 4.79 Å². The Morgan fingerprint density at radius 3 is 2.78 bits per heavy atom. The van der Waals surface area contributed by atoms with E-state index in [1.165, 1.54) is 16.8 Å². The molecule has 1 atom stereocenters. The van der Waals surface area contributed by atoms with Crippen LogP contribution in [-0.2, 0) is 17.7 Å². The summed E-state index contributed by atoms with van der Waals surface area (Å²) in [7, 11) is 0. The molecule has 4 rings (SSSR count). The smallest absolute Gasteiger partial charge is 0.405 e. The fourth-order valence-corrected chi connectivity index (χ4v) is 4.21. The summed E-state index contributed by atoms with van der Waals surface area (Å²) in [6.45, 7) is 3.25. The second-order valence-electron chi connectivity index (χ2n) is 7.29. The molecule has 1 aromatic heterocycles. The lowest BCUT2D eigenvalue weighted by Gasteiger charge is -2.31. The number of hydrogen-bond acceptors (Lipinski definition) is 4. The van der Waals surface area contributed by atoms with Gasteiger partial charge in [-0.2, -0.15) is 0 Å². The Hall–Kier alpha value is -2.60. The highest BCUT2D eigenvalue weighted by molar-refractivity contribution is 5.66. The minimum absolute atomic E-state index is 0.175. The van der Waals surface area contributed by atoms with Crippen molar-refractivity contribution >= 4 is 11.8 Å². The molecule has 0 saturated carbocycles. The monoisotopic (exact) mass is 367 g/mol. The quantitative estimate of drug-likeness (QED) is 0.847. The van der Waals surface area contributed by atoms with Gasteiger partial charge in [0, 0.05) is 44.4 Å². The van der Waals surface area contributed by atoms with Crippen LogP contribution in [0.4, 0.5) is 10.5 Å². The van der Waals surface area contributed by atoms with Crippen LogP contribution in [0.3, 0.4) is 0 Å². The lowest BCUT2D eigenvalue weighted by Crippen LogP contribution is -2.35. The van der Waals surface area contributed by atoms with Crippen molar-refractivity contribution in [1.29, 1.82) is 0 Å². The summed E-state index contributed by atoms with van der Waals surface area (Å²) in [5.41, 5.74) is 4.85. The Morgan fingerprint density at radius 2 is 2.04 bits per heavy atom. The van der Waals surface area contributed by atoms with Gasteiger partial charge in [-0.15, -0.1) is 0 Å². The summed E-state index contributed by atoms with van der Waals surface area (Å²) in [6, 6.07) is 10.3. The number of carbonyl (C=O) groups is 1. The highest BCUT2D eigenvalue weighted by atomic mass is 16.5. The summed E-state index contributed by atoms with van der Waals surface area (Å²) >= 11 is 0. The predicted octanol–water partition coefficient (Wildman–Crippen LogP) is 3.38. The number of hydrogen-bond donors (Lipinski definition) is 2. The van der Waals surface area contributed by atoms with Gasteiger partial charge >= 0.3 is 6.09 Å². The number of rotatable bonds is 5. The van der Waals surface area contributed by atoms with Crippen LogP contribution >= 0.6 is 0 Å². The van der Waals surface area contributed by atoms with Crippen LogP contribution < -0.4 is 10.2 Å². The zero-order valence-electron chi connectivity index (χ0n) is 15.3. The first-order valence-electron chi connectivity index (χ1n) is 9.54. The molecule has 6 nitrogen and oxygen atoms in total. The van der Waals surface area contributed by atoms with Gasteiger partial charge in [-0.1, -0.05) is 12.1 Å². The van der Waals surface area contributed by atoms with Crippen LogP contribution in [0.15, 0.2) is 42.7 Å². The van der Waals surface area contributed by atoms with Crippen molar-refractivity contribution in [2.24, 2.45) is 5.92 Å². The van der Waals surface area contributed by atoms with E-state index in [4.69, 9.17) is 4.74 Å². The molecule has 1 fully saturated rings. The third kappa shape index (κ3) is 4.06. The van der Waals surface area contributed by atoms with E-state index in [9.17, 15) is 9.90 Å². The Balaban J connectivity index is 1.55. The Morgan fingerprint density at radius 1 is 1.26 bits per heavy atom. The van der Waals surface area contributed by atoms with Crippen molar-refractivity contribution < 1.29 is 14.6 Å². The average Bonchev–Trinajstić information content (AvgIpc) is 3.09. The second kappa shape index (κ2) is 7.96. The summed E-state index contributed by atoms with van der Waals surface area (Å²) in [6.07, 6.45) is 5.44. The maximum atomic E-state index is 11.4. The highest BCUT2D eigenvalue weighted by Crippen LogP contribution is 2.35. The van der Waals surface area contributed by atoms with E-state index >= 15 is 0 Å². The number of nitrogens with zero attached hydrogens (tertiary/aromatic N) is 2. The summed E-state index contributed by atoms with van der Waals surface area (Å²) in [5.74, 6) is 0.280. The first kappa shape index (κ1) is 17.8. The predicted molar refractivity (Wildman–Crippen MR) is 103 cm³/mol. The largest absolute Gasteiger partial charge is 0.465 e. The second-order valence-corrected chi connectivity index (χ2v) is 7.29. The van der Waals surface area contributed by atoms with Crippen LogP contribution in [0.2, 0.25) is 0 Å². The molecule has 0 spiro atoms. The van der Waals surface area contributed by atoms with Crippen molar-refractivity contribution in [3.8, 4) is 0 Å². The van der Waals surface area contributed by atoms with Gasteiger partial charge in [0.05, 0.1) is 6.04 Å². The Kier molecular flexibility index (Phi) is 5.25. The molecule has 0 bridgehead atoms. The first-order chi connectivity index (χ1) is 13.2. The summed E-state index contributed by atoms with van der Waals surface area (Å²) in [4.78, 5) is 17.8. The minimum atomic E-state index is -0.966. The molecule has 0 radical (unpaired) electrons. The van der Waals surface area contributed by atoms with E-state index in [2.05, 4.69) is 33.4 Å². The van der Waals surface area contributed by atoms with Gasteiger partial charge in [-0.3, -0.25) is 4.98 Å². The maximum Gasteiger partial charge on any atom is 0.405 e. The van der Waals surface area contributed by atoms with Gasteiger partial charge < -0.3 is 20.1 Å². The van der Waals surface area contributed by atoms with Gasteiger partial charge in [0.15, 0.2) is 0 Å². The third-order valence-corrected chi connectivity index (χ3v) is 5.59. The number of amides is 1. The standard InChI is InChI=1S/C21H25N3O3/c25-21(26)23-20(16-6-11-27-12-7-16)18-1-2-19-17(13-18)5-10-24(19)14-15-3-8-22-9-4-15/h1-4,8-9,13,16,20,23H,5-7,10-12,14H2,(H,25,26). The molecule has 142 valence electrons. The lowest BCUT2D eigenvalue weighted by atomic mass is 9.86. The molecule has 2 aliphatic heterocycles. The number of fused-ring (bicyclic) bond motifs is 1. The van der Waals surface area contributed by atoms with E-state index < -0.39 is 6.09 Å². The zero-order chi connectivity index (χ0) is 18.6. The van der Waals surface area contributed by atoms with Crippen molar-refractivity contribution in [1.82, 2.24) is 10.3 Å². The van der Waals surface area contributed by atoms with E-state index in [0.29, 0.717) is 13.2 Å².